The van der Waals surface area contributed by atoms with E-state index in [9.17, 15) is 4.79 Å². The molecular formula is C20H23N3O2. The van der Waals surface area contributed by atoms with Gasteiger partial charge < -0.3 is 21.1 Å². The van der Waals surface area contributed by atoms with Crippen LogP contribution >= 0.6 is 0 Å². The van der Waals surface area contributed by atoms with Gasteiger partial charge in [0, 0.05) is 17.6 Å². The van der Waals surface area contributed by atoms with Gasteiger partial charge in [0.25, 0.3) is 5.91 Å². The van der Waals surface area contributed by atoms with E-state index in [1.807, 2.05) is 24.3 Å². The molecule has 2 aromatic rings. The van der Waals surface area contributed by atoms with Crippen LogP contribution in [0.1, 0.15) is 36.0 Å². The zero-order valence-electron chi connectivity index (χ0n) is 14.1. The van der Waals surface area contributed by atoms with E-state index >= 15 is 0 Å². The van der Waals surface area contributed by atoms with Gasteiger partial charge in [0.2, 0.25) is 0 Å². The first kappa shape index (κ1) is 16.0. The highest BCUT2D eigenvalue weighted by atomic mass is 16.5. The highest BCUT2D eigenvalue weighted by Gasteiger charge is 2.34. The molecule has 1 amide bonds. The summed E-state index contributed by atoms with van der Waals surface area (Å²) in [6.07, 6.45) is 4.90. The molecule has 0 radical (unpaired) electrons. The van der Waals surface area contributed by atoms with Gasteiger partial charge in [-0.25, -0.2) is 0 Å². The minimum Gasteiger partial charge on any atom is -0.490 e. The van der Waals surface area contributed by atoms with Crippen LogP contribution in [-0.4, -0.2) is 24.1 Å². The van der Waals surface area contributed by atoms with Crippen LogP contribution in [0.15, 0.2) is 48.5 Å². The summed E-state index contributed by atoms with van der Waals surface area (Å²) in [6.45, 7) is 0. The fraction of sp³-hybridized carbons (Fsp3) is 0.350. The monoisotopic (exact) mass is 337 g/mol. The van der Waals surface area contributed by atoms with Crippen molar-refractivity contribution in [1.29, 1.82) is 0 Å². The molecule has 2 heterocycles. The summed E-state index contributed by atoms with van der Waals surface area (Å²) in [7, 11) is 0. The number of nitrogen functional groups attached to an aromatic ring is 1. The van der Waals surface area contributed by atoms with E-state index < -0.39 is 0 Å². The Labute approximate surface area is 147 Å². The molecule has 2 aliphatic rings. The number of rotatable bonds is 4. The second kappa shape index (κ2) is 6.76. The Balaban J connectivity index is 1.38. The fourth-order valence-electron chi connectivity index (χ4n) is 3.78. The van der Waals surface area contributed by atoms with Crippen LogP contribution in [0.3, 0.4) is 0 Å². The van der Waals surface area contributed by atoms with Crippen molar-refractivity contribution in [3.63, 3.8) is 0 Å². The van der Waals surface area contributed by atoms with Crippen LogP contribution < -0.4 is 21.1 Å². The molecule has 0 aliphatic carbocycles. The Kier molecular flexibility index (Phi) is 4.32. The van der Waals surface area contributed by atoms with Crippen LogP contribution in [-0.2, 0) is 0 Å². The number of benzene rings is 2. The van der Waals surface area contributed by atoms with E-state index in [0.29, 0.717) is 29.0 Å². The van der Waals surface area contributed by atoms with Gasteiger partial charge in [-0.15, -0.1) is 0 Å². The fourth-order valence-corrected chi connectivity index (χ4v) is 3.78. The molecule has 0 aromatic heterocycles. The Morgan fingerprint density at radius 2 is 1.72 bits per heavy atom. The summed E-state index contributed by atoms with van der Waals surface area (Å²) < 4.78 is 6.12. The van der Waals surface area contributed by atoms with E-state index in [1.54, 1.807) is 24.3 Å². The Bertz CT molecular complexity index is 748. The lowest BCUT2D eigenvalue weighted by Crippen LogP contribution is -2.42. The largest absolute Gasteiger partial charge is 0.490 e. The maximum Gasteiger partial charge on any atom is 0.255 e. The van der Waals surface area contributed by atoms with E-state index in [4.69, 9.17) is 10.5 Å². The van der Waals surface area contributed by atoms with Gasteiger partial charge in [-0.2, -0.15) is 0 Å². The molecule has 25 heavy (non-hydrogen) atoms. The number of para-hydroxylation sites is 2. The molecule has 2 saturated heterocycles. The van der Waals surface area contributed by atoms with E-state index in [2.05, 4.69) is 10.6 Å². The molecule has 0 saturated carbocycles. The number of ether oxygens (including phenoxy) is 1. The smallest absolute Gasteiger partial charge is 0.255 e. The summed E-state index contributed by atoms with van der Waals surface area (Å²) in [6, 6.07) is 15.8. The van der Waals surface area contributed by atoms with Crippen molar-refractivity contribution < 1.29 is 9.53 Å². The van der Waals surface area contributed by atoms with Gasteiger partial charge >= 0.3 is 0 Å². The first-order valence-corrected chi connectivity index (χ1v) is 8.86. The van der Waals surface area contributed by atoms with Crippen molar-refractivity contribution in [2.24, 2.45) is 0 Å². The zero-order valence-corrected chi connectivity index (χ0v) is 14.1. The lowest BCUT2D eigenvalue weighted by molar-refractivity contribution is 0.102. The first-order chi connectivity index (χ1) is 12.2. The maximum atomic E-state index is 12.3. The van der Waals surface area contributed by atoms with Crippen LogP contribution in [0.4, 0.5) is 11.4 Å². The molecule has 130 valence electrons. The van der Waals surface area contributed by atoms with Crippen LogP contribution in [0.25, 0.3) is 0 Å². The number of piperidine rings is 1. The van der Waals surface area contributed by atoms with Crippen molar-refractivity contribution >= 4 is 17.3 Å². The number of hydrogen-bond donors (Lipinski definition) is 3. The summed E-state index contributed by atoms with van der Waals surface area (Å²) >= 11 is 0. The Morgan fingerprint density at radius 3 is 2.40 bits per heavy atom. The predicted molar refractivity (Wildman–Crippen MR) is 98.8 cm³/mol. The van der Waals surface area contributed by atoms with Crippen molar-refractivity contribution in [1.82, 2.24) is 5.32 Å². The summed E-state index contributed by atoms with van der Waals surface area (Å²) in [4.78, 5) is 12.3. The number of carbonyl (C=O) groups excluding carboxylic acids is 1. The van der Waals surface area contributed by atoms with E-state index in [-0.39, 0.29) is 12.0 Å². The average molecular weight is 337 g/mol. The number of carbonyl (C=O) groups is 1. The summed E-state index contributed by atoms with van der Waals surface area (Å²) in [5.41, 5.74) is 7.62. The third kappa shape index (κ3) is 3.61. The number of anilines is 2. The molecule has 2 aromatic carbocycles. The normalized spacial score (nSPS) is 24.7. The molecule has 4 rings (SSSR count). The second-order valence-electron chi connectivity index (χ2n) is 6.91. The number of hydrogen-bond acceptors (Lipinski definition) is 4. The van der Waals surface area contributed by atoms with Crippen LogP contribution in [0.2, 0.25) is 0 Å². The summed E-state index contributed by atoms with van der Waals surface area (Å²) in [5, 5.41) is 6.45. The standard InChI is InChI=1S/C20H23N3O2/c21-18-3-1-2-4-19(18)23-20(24)13-5-9-16(10-6-13)25-17-11-14-7-8-15(12-17)22-14/h1-6,9-10,14-15,17,22H,7-8,11-12,21H2,(H,23,24). The van der Waals surface area contributed by atoms with Crippen LogP contribution in [0, 0.1) is 0 Å². The molecule has 2 bridgehead atoms. The highest BCUT2D eigenvalue weighted by Crippen LogP contribution is 2.29. The molecule has 5 heteroatoms. The third-order valence-corrected chi connectivity index (χ3v) is 5.06. The molecule has 0 spiro atoms. The number of nitrogens with two attached hydrogens (primary N) is 1. The minimum absolute atomic E-state index is 0.177. The number of amides is 1. The van der Waals surface area contributed by atoms with Crippen molar-refractivity contribution in [3.05, 3.63) is 54.1 Å². The van der Waals surface area contributed by atoms with Gasteiger partial charge in [-0.05, 0) is 62.1 Å². The third-order valence-electron chi connectivity index (χ3n) is 5.06. The lowest BCUT2D eigenvalue weighted by atomic mass is 10.0. The van der Waals surface area contributed by atoms with Crippen molar-refractivity contribution in [3.8, 4) is 5.75 Å². The minimum atomic E-state index is -0.177. The molecule has 5 nitrogen and oxygen atoms in total. The predicted octanol–water partition coefficient (Wildman–Crippen LogP) is 3.18. The topological polar surface area (TPSA) is 76.4 Å². The SMILES string of the molecule is Nc1ccccc1NC(=O)c1ccc(OC2CC3CCC(C2)N3)cc1. The lowest BCUT2D eigenvalue weighted by Gasteiger charge is -2.29. The Hall–Kier alpha value is -2.53. The number of fused-ring (bicyclic) bond motifs is 2. The maximum absolute atomic E-state index is 12.3. The van der Waals surface area contributed by atoms with Crippen molar-refractivity contribution in [2.75, 3.05) is 11.1 Å². The molecule has 2 unspecified atom stereocenters. The van der Waals surface area contributed by atoms with Gasteiger partial charge in [0.15, 0.2) is 0 Å². The molecule has 4 N–H and O–H groups in total. The molecule has 2 fully saturated rings. The molecular weight excluding hydrogens is 314 g/mol. The highest BCUT2D eigenvalue weighted by molar-refractivity contribution is 6.05. The average Bonchev–Trinajstić information content (AvgIpc) is 2.96. The van der Waals surface area contributed by atoms with Crippen LogP contribution in [0.5, 0.6) is 5.75 Å². The van der Waals surface area contributed by atoms with Crippen molar-refractivity contribution in [2.45, 2.75) is 43.9 Å². The summed E-state index contributed by atoms with van der Waals surface area (Å²) in [5.74, 6) is 0.645. The molecule has 2 atom stereocenters. The van der Waals surface area contributed by atoms with E-state index in [0.717, 1.165) is 18.6 Å². The van der Waals surface area contributed by atoms with E-state index in [1.165, 1.54) is 12.8 Å². The first-order valence-electron chi connectivity index (χ1n) is 8.86. The second-order valence-corrected chi connectivity index (χ2v) is 6.91. The zero-order chi connectivity index (χ0) is 17.2. The number of nitrogens with one attached hydrogen (secondary N) is 2. The Morgan fingerprint density at radius 1 is 1.04 bits per heavy atom. The molecule has 2 aliphatic heterocycles. The quantitative estimate of drug-likeness (QED) is 0.749. The van der Waals surface area contributed by atoms with Gasteiger partial charge in [-0.1, -0.05) is 12.1 Å². The van der Waals surface area contributed by atoms with Gasteiger partial charge in [0.05, 0.1) is 11.4 Å². The van der Waals surface area contributed by atoms with Gasteiger partial charge in [-0.3, -0.25) is 4.79 Å². The van der Waals surface area contributed by atoms with Gasteiger partial charge in [0.1, 0.15) is 11.9 Å².